The van der Waals surface area contributed by atoms with E-state index in [9.17, 15) is 39.0 Å². The number of aromatic nitrogens is 2. The van der Waals surface area contributed by atoms with Crippen LogP contribution in [0.4, 0.5) is 0 Å². The van der Waals surface area contributed by atoms with Gasteiger partial charge in [0.05, 0.1) is 25.5 Å². The molecule has 1 aromatic heterocycles. The molecular weight excluding hydrogens is 630 g/mol. The molecule has 0 aliphatic heterocycles. The first kappa shape index (κ1) is 41.2. The van der Waals surface area contributed by atoms with Crippen LogP contribution >= 0.6 is 0 Å². The zero-order valence-electron chi connectivity index (χ0n) is 27.8. The van der Waals surface area contributed by atoms with Crippen molar-refractivity contribution in [2.45, 2.75) is 90.0 Å². The molecule has 0 fully saturated rings. The highest BCUT2D eigenvalue weighted by Gasteiger charge is 2.30. The Morgan fingerprint density at radius 3 is 2.00 bits per heavy atom. The average Bonchev–Trinajstić information content (AvgIpc) is 3.51. The number of rotatable bonds is 22. The third kappa shape index (κ3) is 16.2. The van der Waals surface area contributed by atoms with Gasteiger partial charge in [-0.1, -0.05) is 27.7 Å². The van der Waals surface area contributed by atoms with Crippen LogP contribution in [-0.2, 0) is 35.2 Å². The minimum Gasteiger partial charge on any atom is -0.480 e. The highest BCUT2D eigenvalue weighted by atomic mass is 16.4. The summed E-state index contributed by atoms with van der Waals surface area (Å²) in [6.45, 7) is 6.20. The number of hydrogen-bond acceptors (Lipinski definition) is 10. The number of carbonyl (C=O) groups excluding carboxylic acids is 5. The van der Waals surface area contributed by atoms with E-state index in [4.69, 9.17) is 17.2 Å². The van der Waals surface area contributed by atoms with E-state index in [1.807, 2.05) is 27.7 Å². The number of imidazole rings is 1. The molecule has 5 amide bonds. The number of aromatic amines is 1. The Hall–Kier alpha value is -4.78. The smallest absolute Gasteiger partial charge is 0.328 e. The normalized spacial score (nSPS) is 14.2. The van der Waals surface area contributed by atoms with Gasteiger partial charge in [0.15, 0.2) is 5.96 Å². The monoisotopic (exact) mass is 681 g/mol. The van der Waals surface area contributed by atoms with Crippen LogP contribution < -0.4 is 43.8 Å². The largest absolute Gasteiger partial charge is 0.480 e. The Morgan fingerprint density at radius 1 is 0.854 bits per heavy atom. The van der Waals surface area contributed by atoms with Crippen LogP contribution in [0.15, 0.2) is 17.5 Å². The number of carbonyl (C=O) groups is 6. The molecule has 0 saturated carbocycles. The summed E-state index contributed by atoms with van der Waals surface area (Å²) in [7, 11) is 0. The standard InChI is InChI=1S/C29H51N11O8/c1-15(2)8-18(30)24(43)39-20(9-16(3)4)26(45)38-19(6-5-7-34-29(31)32)25(44)35-12-23(42)37-21(10-17-11-33-14-36-17)27(46)40-22(13-41)28(47)48/h11,14-16,18-22,41H,5-10,12-13,30H2,1-4H3,(H,33,36)(H,35,44)(H,37,42)(H,38,45)(H,39,43)(H,40,46)(H,47,48)(H4,31,32,34)/t18-,19-,20-,21-,22-/m0/s1. The summed E-state index contributed by atoms with van der Waals surface area (Å²) in [5.74, 6) is -5.08. The summed E-state index contributed by atoms with van der Waals surface area (Å²) < 4.78 is 0. The van der Waals surface area contributed by atoms with Gasteiger partial charge in [0.1, 0.15) is 24.2 Å². The van der Waals surface area contributed by atoms with E-state index in [0.717, 1.165) is 0 Å². The van der Waals surface area contributed by atoms with Gasteiger partial charge in [-0.15, -0.1) is 0 Å². The van der Waals surface area contributed by atoms with E-state index in [2.05, 4.69) is 41.5 Å². The second kappa shape index (κ2) is 21.2. The SMILES string of the molecule is CC(C)C[C@H](NC(=O)[C@@H](N)CC(C)C)C(=O)N[C@@H](CCCN=C(N)N)C(=O)NCC(=O)N[C@@H](Cc1cnc[nH]1)C(=O)N[C@@H](CO)C(=O)O. The molecule has 1 aromatic rings. The molecule has 1 heterocycles. The lowest BCUT2D eigenvalue weighted by atomic mass is 10.00. The molecule has 0 radical (unpaired) electrons. The minimum absolute atomic E-state index is 0.00438. The Bertz CT molecular complexity index is 1240. The lowest BCUT2D eigenvalue weighted by molar-refractivity contribution is -0.143. The van der Waals surface area contributed by atoms with Crippen LogP contribution in [0.1, 0.15) is 59.1 Å². The van der Waals surface area contributed by atoms with Crippen molar-refractivity contribution in [3.63, 3.8) is 0 Å². The van der Waals surface area contributed by atoms with E-state index < -0.39 is 78.9 Å². The van der Waals surface area contributed by atoms with Crippen LogP contribution in [0.5, 0.6) is 0 Å². The van der Waals surface area contributed by atoms with Crippen molar-refractivity contribution in [3.05, 3.63) is 18.2 Å². The Balaban J connectivity index is 3.05. The van der Waals surface area contributed by atoms with Crippen molar-refractivity contribution in [1.82, 2.24) is 36.6 Å². The van der Waals surface area contributed by atoms with Crippen molar-refractivity contribution in [3.8, 4) is 0 Å². The molecule has 0 spiro atoms. The van der Waals surface area contributed by atoms with Crippen LogP contribution in [-0.4, -0.2) is 112 Å². The number of hydrogen-bond donors (Lipinski definition) is 11. The number of H-pyrrole nitrogens is 1. The number of nitrogens with zero attached hydrogens (tertiary/aromatic N) is 2. The first-order valence-electron chi connectivity index (χ1n) is 15.6. The zero-order valence-corrected chi connectivity index (χ0v) is 27.8. The number of carboxylic acids is 1. The summed E-state index contributed by atoms with van der Waals surface area (Å²) in [4.78, 5) is 86.8. The lowest BCUT2D eigenvalue weighted by Gasteiger charge is -2.25. The molecule has 19 nitrogen and oxygen atoms in total. The maximum absolute atomic E-state index is 13.4. The molecule has 14 N–H and O–H groups in total. The fourth-order valence-corrected chi connectivity index (χ4v) is 4.46. The topological polar surface area (TPSA) is 322 Å². The third-order valence-electron chi connectivity index (χ3n) is 6.83. The lowest BCUT2D eigenvalue weighted by Crippen LogP contribution is -2.57. The fraction of sp³-hybridized carbons (Fsp3) is 0.655. The van der Waals surface area contributed by atoms with Gasteiger partial charge in [-0.2, -0.15) is 0 Å². The number of aliphatic imine (C=N–C) groups is 1. The summed E-state index contributed by atoms with van der Waals surface area (Å²) in [6.07, 6.45) is 3.63. The van der Waals surface area contributed by atoms with Gasteiger partial charge in [-0.05, 0) is 37.5 Å². The van der Waals surface area contributed by atoms with Crippen molar-refractivity contribution in [1.29, 1.82) is 0 Å². The van der Waals surface area contributed by atoms with Gasteiger partial charge in [0.2, 0.25) is 29.5 Å². The van der Waals surface area contributed by atoms with E-state index in [1.165, 1.54) is 12.5 Å². The van der Waals surface area contributed by atoms with Gasteiger partial charge >= 0.3 is 5.97 Å². The predicted octanol–water partition coefficient (Wildman–Crippen LogP) is -3.44. The van der Waals surface area contributed by atoms with Gasteiger partial charge in [-0.3, -0.25) is 29.0 Å². The van der Waals surface area contributed by atoms with Crippen LogP contribution in [0.25, 0.3) is 0 Å². The maximum Gasteiger partial charge on any atom is 0.328 e. The quantitative estimate of drug-likeness (QED) is 0.0323. The van der Waals surface area contributed by atoms with Gasteiger partial charge < -0.3 is 59.0 Å². The number of guanidine groups is 1. The van der Waals surface area contributed by atoms with E-state index in [1.54, 1.807) is 0 Å². The summed E-state index contributed by atoms with van der Waals surface area (Å²) in [5.41, 5.74) is 17.2. The molecule has 0 saturated heterocycles. The van der Waals surface area contributed by atoms with Crippen molar-refractivity contribution >= 4 is 41.5 Å². The Kier molecular flexibility index (Phi) is 18.2. The summed E-state index contributed by atoms with van der Waals surface area (Å²) in [6, 6.07) is -5.91. The number of amides is 5. The van der Waals surface area contributed by atoms with Crippen LogP contribution in [0, 0.1) is 11.8 Å². The minimum atomic E-state index is -1.61. The van der Waals surface area contributed by atoms with Crippen LogP contribution in [0.2, 0.25) is 0 Å². The second-order valence-corrected chi connectivity index (χ2v) is 12.1. The number of nitrogens with one attached hydrogen (secondary N) is 6. The third-order valence-corrected chi connectivity index (χ3v) is 6.83. The number of aliphatic carboxylic acids is 1. The summed E-state index contributed by atoms with van der Waals surface area (Å²) in [5, 5.41) is 30.8. The average molecular weight is 682 g/mol. The van der Waals surface area contributed by atoms with Crippen LogP contribution in [0.3, 0.4) is 0 Å². The van der Waals surface area contributed by atoms with Gasteiger partial charge in [0.25, 0.3) is 0 Å². The van der Waals surface area contributed by atoms with E-state index in [0.29, 0.717) is 12.1 Å². The van der Waals surface area contributed by atoms with Gasteiger partial charge in [-0.25, -0.2) is 9.78 Å². The molecule has 0 aromatic carbocycles. The molecule has 0 bridgehead atoms. The maximum atomic E-state index is 13.4. The van der Waals surface area contributed by atoms with Gasteiger partial charge in [0, 0.05) is 24.9 Å². The van der Waals surface area contributed by atoms with Crippen molar-refractivity contribution in [2.75, 3.05) is 19.7 Å². The number of nitrogens with two attached hydrogens (primary N) is 3. The molecular formula is C29H51N11O8. The number of aliphatic hydroxyl groups excluding tert-OH is 1. The second-order valence-electron chi connectivity index (χ2n) is 12.1. The number of aliphatic hydroxyl groups is 1. The molecule has 48 heavy (non-hydrogen) atoms. The highest BCUT2D eigenvalue weighted by molar-refractivity contribution is 5.95. The molecule has 0 aliphatic carbocycles. The Morgan fingerprint density at radius 2 is 1.46 bits per heavy atom. The Labute approximate surface area is 279 Å². The summed E-state index contributed by atoms with van der Waals surface area (Å²) >= 11 is 0. The highest BCUT2D eigenvalue weighted by Crippen LogP contribution is 2.09. The zero-order chi connectivity index (χ0) is 36.4. The molecule has 270 valence electrons. The van der Waals surface area contributed by atoms with Crippen molar-refractivity contribution in [2.24, 2.45) is 34.0 Å². The molecule has 0 unspecified atom stereocenters. The molecule has 0 aliphatic rings. The van der Waals surface area contributed by atoms with E-state index >= 15 is 0 Å². The molecule has 19 heteroatoms. The van der Waals surface area contributed by atoms with E-state index in [-0.39, 0.29) is 50.0 Å². The fourth-order valence-electron chi connectivity index (χ4n) is 4.46. The molecule has 1 rings (SSSR count). The molecule has 5 atom stereocenters. The van der Waals surface area contributed by atoms with Crippen molar-refractivity contribution < 1.29 is 39.0 Å². The first-order chi connectivity index (χ1) is 22.5. The number of carboxylic acid groups (broad SMARTS) is 1. The predicted molar refractivity (Wildman–Crippen MR) is 175 cm³/mol. The first-order valence-corrected chi connectivity index (χ1v) is 15.6.